The van der Waals surface area contributed by atoms with E-state index >= 15 is 0 Å². The van der Waals surface area contributed by atoms with Crippen LogP contribution >= 0.6 is 0 Å². The molecule has 7 heteroatoms. The van der Waals surface area contributed by atoms with E-state index in [0.717, 1.165) is 48.3 Å². The summed E-state index contributed by atoms with van der Waals surface area (Å²) in [4.78, 5) is 28.2. The molecule has 0 bridgehead atoms. The fourth-order valence-corrected chi connectivity index (χ4v) is 4.61. The maximum absolute atomic E-state index is 13.4. The Balaban J connectivity index is 1.45. The molecule has 2 aliphatic rings. The molecule has 1 aliphatic heterocycles. The fourth-order valence-electron chi connectivity index (χ4n) is 4.61. The summed E-state index contributed by atoms with van der Waals surface area (Å²) in [5.41, 5.74) is 1.92. The highest BCUT2D eigenvalue weighted by atomic mass is 16.7. The van der Waals surface area contributed by atoms with E-state index in [1.54, 1.807) is 12.0 Å². The summed E-state index contributed by atoms with van der Waals surface area (Å²) in [5, 5.41) is 3.18. The molecular weight excluding hydrogens is 432 g/mol. The molecule has 182 valence electrons. The summed E-state index contributed by atoms with van der Waals surface area (Å²) in [6.07, 6.45) is 6.37. The second-order valence-electron chi connectivity index (χ2n) is 9.08. The van der Waals surface area contributed by atoms with Crippen LogP contribution in [-0.2, 0) is 22.6 Å². The number of hydrogen-bond acceptors (Lipinski definition) is 5. The van der Waals surface area contributed by atoms with Crippen molar-refractivity contribution in [3.63, 3.8) is 0 Å². The van der Waals surface area contributed by atoms with Crippen molar-refractivity contribution in [2.24, 2.45) is 0 Å². The van der Waals surface area contributed by atoms with Gasteiger partial charge in [-0.15, -0.1) is 0 Å². The van der Waals surface area contributed by atoms with Crippen molar-refractivity contribution in [1.82, 2.24) is 10.2 Å². The third-order valence-electron chi connectivity index (χ3n) is 6.67. The lowest BCUT2D eigenvalue weighted by atomic mass is 9.95. The minimum absolute atomic E-state index is 0.0632. The van der Waals surface area contributed by atoms with Crippen molar-refractivity contribution in [2.75, 3.05) is 13.9 Å². The topological polar surface area (TPSA) is 77.1 Å². The molecular formula is C27H34N2O5. The first-order valence-corrected chi connectivity index (χ1v) is 12.1. The molecule has 1 atom stereocenters. The maximum atomic E-state index is 13.4. The lowest BCUT2D eigenvalue weighted by molar-refractivity contribution is -0.141. The zero-order valence-corrected chi connectivity index (χ0v) is 20.0. The van der Waals surface area contributed by atoms with E-state index in [2.05, 4.69) is 5.32 Å². The first-order valence-electron chi connectivity index (χ1n) is 12.1. The summed E-state index contributed by atoms with van der Waals surface area (Å²) in [6, 6.07) is 13.0. The molecule has 2 aromatic carbocycles. The number of methoxy groups -OCH3 is 1. The molecule has 0 saturated heterocycles. The smallest absolute Gasteiger partial charge is 0.242 e. The quantitative estimate of drug-likeness (QED) is 0.599. The molecule has 34 heavy (non-hydrogen) atoms. The van der Waals surface area contributed by atoms with Gasteiger partial charge in [-0.25, -0.2) is 0 Å². The number of nitrogens with zero attached hydrogens (tertiary/aromatic N) is 1. The SMILES string of the molecule is COc1cccc(CN(C(=O)CCc2ccc3c(c2)OCO3)C(C)C(=O)NC2CCCCC2)c1. The highest BCUT2D eigenvalue weighted by molar-refractivity contribution is 5.87. The number of aryl methyl sites for hydroxylation is 1. The number of carbonyl (C=O) groups is 2. The molecule has 0 aromatic heterocycles. The lowest BCUT2D eigenvalue weighted by Crippen LogP contribution is -2.50. The molecule has 1 unspecified atom stereocenters. The number of rotatable bonds is 9. The van der Waals surface area contributed by atoms with Crippen LogP contribution in [0.15, 0.2) is 42.5 Å². The maximum Gasteiger partial charge on any atom is 0.242 e. The molecule has 1 heterocycles. The van der Waals surface area contributed by atoms with Crippen LogP contribution < -0.4 is 19.5 Å². The summed E-state index contributed by atoms with van der Waals surface area (Å²) in [7, 11) is 1.62. The van der Waals surface area contributed by atoms with Crippen molar-refractivity contribution in [3.05, 3.63) is 53.6 Å². The Morgan fingerprint density at radius 2 is 1.85 bits per heavy atom. The molecule has 7 nitrogen and oxygen atoms in total. The first-order chi connectivity index (χ1) is 16.5. The van der Waals surface area contributed by atoms with Crippen LogP contribution in [0.4, 0.5) is 0 Å². The standard InChI is InChI=1S/C27H34N2O5/c1-19(27(31)28-22-8-4-3-5-9-22)29(17-21-7-6-10-23(15-21)32-2)26(30)14-12-20-11-13-24-25(16-20)34-18-33-24/h6-7,10-11,13,15-16,19,22H,3-5,8-9,12,14,17-18H2,1-2H3,(H,28,31). The number of hydrogen-bond donors (Lipinski definition) is 1. The van der Waals surface area contributed by atoms with Gasteiger partial charge in [-0.2, -0.15) is 0 Å². The number of fused-ring (bicyclic) bond motifs is 1. The van der Waals surface area contributed by atoms with E-state index in [9.17, 15) is 9.59 Å². The molecule has 0 spiro atoms. The number of ether oxygens (including phenoxy) is 3. The minimum atomic E-state index is -0.572. The van der Waals surface area contributed by atoms with Gasteiger partial charge in [0.05, 0.1) is 7.11 Å². The normalized spacial score (nSPS) is 16.1. The van der Waals surface area contributed by atoms with Gasteiger partial charge in [-0.1, -0.05) is 37.5 Å². The molecule has 0 radical (unpaired) electrons. The zero-order valence-electron chi connectivity index (χ0n) is 20.0. The summed E-state index contributed by atoms with van der Waals surface area (Å²) >= 11 is 0. The number of benzene rings is 2. The Hall–Kier alpha value is -3.22. The van der Waals surface area contributed by atoms with Gasteiger partial charge >= 0.3 is 0 Å². The Morgan fingerprint density at radius 3 is 2.65 bits per heavy atom. The van der Waals surface area contributed by atoms with Crippen molar-refractivity contribution >= 4 is 11.8 Å². The molecule has 4 rings (SSSR count). The Kier molecular flexibility index (Phi) is 7.93. The monoisotopic (exact) mass is 466 g/mol. The first kappa shape index (κ1) is 23.9. The van der Waals surface area contributed by atoms with E-state index < -0.39 is 6.04 Å². The Morgan fingerprint density at radius 1 is 1.06 bits per heavy atom. The van der Waals surface area contributed by atoms with E-state index in [-0.39, 0.29) is 24.6 Å². The van der Waals surface area contributed by atoms with E-state index in [4.69, 9.17) is 14.2 Å². The predicted molar refractivity (Wildman–Crippen MR) is 129 cm³/mol. The van der Waals surface area contributed by atoms with Crippen molar-refractivity contribution < 1.29 is 23.8 Å². The highest BCUT2D eigenvalue weighted by Gasteiger charge is 2.28. The van der Waals surface area contributed by atoms with Crippen LogP contribution in [-0.4, -0.2) is 42.7 Å². The van der Waals surface area contributed by atoms with Crippen LogP contribution in [0.3, 0.4) is 0 Å². The van der Waals surface area contributed by atoms with Crippen LogP contribution in [0.25, 0.3) is 0 Å². The molecule has 2 aromatic rings. The van der Waals surface area contributed by atoms with Gasteiger partial charge in [0.15, 0.2) is 11.5 Å². The van der Waals surface area contributed by atoms with Crippen molar-refractivity contribution in [2.45, 2.75) is 70.5 Å². The average molecular weight is 467 g/mol. The second kappa shape index (κ2) is 11.3. The van der Waals surface area contributed by atoms with Gasteiger partial charge < -0.3 is 24.4 Å². The Labute approximate surface area is 201 Å². The molecule has 1 aliphatic carbocycles. The van der Waals surface area contributed by atoms with Gasteiger partial charge in [-0.3, -0.25) is 9.59 Å². The average Bonchev–Trinajstić information content (AvgIpc) is 3.34. The summed E-state index contributed by atoms with van der Waals surface area (Å²) in [6.45, 7) is 2.38. The van der Waals surface area contributed by atoms with Gasteiger partial charge in [0.25, 0.3) is 0 Å². The molecule has 1 fully saturated rings. The predicted octanol–water partition coefficient (Wildman–Crippen LogP) is 4.22. The van der Waals surface area contributed by atoms with Gasteiger partial charge in [0.2, 0.25) is 18.6 Å². The van der Waals surface area contributed by atoms with Crippen LogP contribution in [0.5, 0.6) is 17.2 Å². The van der Waals surface area contributed by atoms with Crippen LogP contribution in [0.2, 0.25) is 0 Å². The number of nitrogens with one attached hydrogen (secondary N) is 1. The third-order valence-corrected chi connectivity index (χ3v) is 6.67. The van der Waals surface area contributed by atoms with Gasteiger partial charge in [-0.05, 0) is 61.6 Å². The fraction of sp³-hybridized carbons (Fsp3) is 0.481. The van der Waals surface area contributed by atoms with Gasteiger partial charge in [0.1, 0.15) is 11.8 Å². The molecule has 2 amide bonds. The van der Waals surface area contributed by atoms with Crippen molar-refractivity contribution in [1.29, 1.82) is 0 Å². The lowest BCUT2D eigenvalue weighted by Gasteiger charge is -2.31. The number of carbonyl (C=O) groups excluding carboxylic acids is 2. The van der Waals surface area contributed by atoms with E-state index in [1.165, 1.54) is 6.42 Å². The third kappa shape index (κ3) is 6.01. The largest absolute Gasteiger partial charge is 0.497 e. The summed E-state index contributed by atoms with van der Waals surface area (Å²) in [5.74, 6) is 2.00. The van der Waals surface area contributed by atoms with Crippen LogP contribution in [0.1, 0.15) is 56.6 Å². The van der Waals surface area contributed by atoms with Crippen LogP contribution in [0, 0.1) is 0 Å². The second-order valence-corrected chi connectivity index (χ2v) is 9.08. The minimum Gasteiger partial charge on any atom is -0.497 e. The molecule has 1 saturated carbocycles. The zero-order chi connectivity index (χ0) is 23.9. The molecule has 1 N–H and O–H groups in total. The van der Waals surface area contributed by atoms with E-state index in [0.29, 0.717) is 25.1 Å². The Bertz CT molecular complexity index is 1000. The van der Waals surface area contributed by atoms with Gasteiger partial charge in [0, 0.05) is 19.0 Å². The van der Waals surface area contributed by atoms with Crippen molar-refractivity contribution in [3.8, 4) is 17.2 Å². The summed E-state index contributed by atoms with van der Waals surface area (Å²) < 4.78 is 16.2. The number of amides is 2. The van der Waals surface area contributed by atoms with E-state index in [1.807, 2.05) is 49.4 Å². The highest BCUT2D eigenvalue weighted by Crippen LogP contribution is 2.33.